The minimum atomic E-state index is -0.806. The van der Waals surface area contributed by atoms with Crippen molar-refractivity contribution in [1.29, 1.82) is 0 Å². The normalized spacial score (nSPS) is 14.8. The van der Waals surface area contributed by atoms with Gasteiger partial charge in [0, 0.05) is 5.56 Å². The summed E-state index contributed by atoms with van der Waals surface area (Å²) in [5.74, 6) is -1.49. The topological polar surface area (TPSA) is 75.7 Å². The zero-order valence-electron chi connectivity index (χ0n) is 20.2. The molecule has 4 amide bonds. The lowest BCUT2D eigenvalue weighted by Gasteiger charge is -2.28. The Morgan fingerprint density at radius 1 is 0.919 bits per heavy atom. The van der Waals surface area contributed by atoms with E-state index in [1.54, 1.807) is 37.3 Å². The lowest BCUT2D eigenvalue weighted by atomic mass is 9.99. The Kier molecular flexibility index (Phi) is 6.27. The highest BCUT2D eigenvalue weighted by Crippen LogP contribution is 2.33. The number of nitrogens with one attached hydrogen (secondary N) is 1. The molecule has 7 heteroatoms. The van der Waals surface area contributed by atoms with E-state index in [2.05, 4.69) is 5.32 Å². The van der Waals surface area contributed by atoms with E-state index < -0.39 is 17.8 Å². The number of nitrogens with zero attached hydrogens (tertiary/aromatic N) is 1. The van der Waals surface area contributed by atoms with E-state index >= 15 is 0 Å². The predicted molar refractivity (Wildman–Crippen MR) is 140 cm³/mol. The van der Waals surface area contributed by atoms with Crippen molar-refractivity contribution in [3.8, 4) is 5.75 Å². The number of amides is 4. The maximum atomic E-state index is 13.7. The van der Waals surface area contributed by atoms with Crippen molar-refractivity contribution in [3.63, 3.8) is 0 Å². The molecule has 4 aromatic rings. The highest BCUT2D eigenvalue weighted by atomic mass is 19.1. The molecule has 0 atom stereocenters. The second kappa shape index (κ2) is 9.70. The zero-order chi connectivity index (χ0) is 26.1. The molecule has 1 saturated heterocycles. The minimum Gasteiger partial charge on any atom is -0.488 e. The molecule has 0 saturated carbocycles. The second-order valence-electron chi connectivity index (χ2n) is 8.86. The molecule has 0 aromatic heterocycles. The number of barbiturate groups is 1. The van der Waals surface area contributed by atoms with Crippen LogP contribution >= 0.6 is 0 Å². The fourth-order valence-corrected chi connectivity index (χ4v) is 4.42. The van der Waals surface area contributed by atoms with Gasteiger partial charge in [0.05, 0.1) is 5.69 Å². The summed E-state index contributed by atoms with van der Waals surface area (Å²) in [6.45, 7) is 3.79. The molecular formula is C30H23FN2O4. The monoisotopic (exact) mass is 494 g/mol. The fourth-order valence-electron chi connectivity index (χ4n) is 4.42. The van der Waals surface area contributed by atoms with Gasteiger partial charge >= 0.3 is 6.03 Å². The van der Waals surface area contributed by atoms with Crippen LogP contribution in [-0.4, -0.2) is 17.8 Å². The number of aryl methyl sites for hydroxylation is 2. The molecule has 1 aliphatic heterocycles. The Morgan fingerprint density at radius 3 is 2.51 bits per heavy atom. The van der Waals surface area contributed by atoms with Gasteiger partial charge in [-0.25, -0.2) is 14.1 Å². The smallest absolute Gasteiger partial charge is 0.335 e. The molecule has 6 nitrogen and oxygen atoms in total. The summed E-state index contributed by atoms with van der Waals surface area (Å²) in [7, 11) is 0. The first-order valence-corrected chi connectivity index (χ1v) is 11.7. The van der Waals surface area contributed by atoms with Gasteiger partial charge in [-0.3, -0.25) is 14.9 Å². The van der Waals surface area contributed by atoms with Gasteiger partial charge < -0.3 is 4.74 Å². The van der Waals surface area contributed by atoms with Crippen molar-refractivity contribution < 1.29 is 23.5 Å². The van der Waals surface area contributed by atoms with Gasteiger partial charge in [-0.15, -0.1) is 0 Å². The number of anilines is 1. The van der Waals surface area contributed by atoms with E-state index in [4.69, 9.17) is 4.74 Å². The maximum Gasteiger partial charge on any atom is 0.335 e. The van der Waals surface area contributed by atoms with Gasteiger partial charge in [0.1, 0.15) is 23.7 Å². The molecule has 5 rings (SSSR count). The Hall–Kier alpha value is -4.78. The molecule has 4 aromatic carbocycles. The van der Waals surface area contributed by atoms with Gasteiger partial charge in [-0.1, -0.05) is 60.2 Å². The number of carbonyl (C=O) groups is 3. The lowest BCUT2D eigenvalue weighted by molar-refractivity contribution is -0.122. The van der Waals surface area contributed by atoms with E-state index in [1.807, 2.05) is 43.3 Å². The molecule has 184 valence electrons. The van der Waals surface area contributed by atoms with Crippen LogP contribution in [0.4, 0.5) is 14.9 Å². The van der Waals surface area contributed by atoms with Crippen LogP contribution in [0.15, 0.2) is 84.4 Å². The van der Waals surface area contributed by atoms with Crippen LogP contribution in [0, 0.1) is 19.7 Å². The van der Waals surface area contributed by atoms with Crippen molar-refractivity contribution in [2.24, 2.45) is 0 Å². The average molecular weight is 495 g/mol. The number of hydrogen-bond acceptors (Lipinski definition) is 4. The maximum absolute atomic E-state index is 13.7. The Labute approximate surface area is 213 Å². The highest BCUT2D eigenvalue weighted by Gasteiger charge is 2.37. The number of ether oxygens (including phenoxy) is 1. The first-order chi connectivity index (χ1) is 17.8. The van der Waals surface area contributed by atoms with Crippen molar-refractivity contribution in [2.45, 2.75) is 20.5 Å². The Balaban J connectivity index is 1.59. The Bertz CT molecular complexity index is 1610. The van der Waals surface area contributed by atoms with E-state index in [-0.39, 0.29) is 18.0 Å². The van der Waals surface area contributed by atoms with Gasteiger partial charge in [-0.2, -0.15) is 0 Å². The van der Waals surface area contributed by atoms with Crippen molar-refractivity contribution >= 4 is 40.4 Å². The zero-order valence-corrected chi connectivity index (χ0v) is 20.2. The molecule has 1 N–H and O–H groups in total. The molecule has 1 fully saturated rings. The van der Waals surface area contributed by atoms with Crippen molar-refractivity contribution in [3.05, 3.63) is 113 Å². The molecule has 0 unspecified atom stereocenters. The number of rotatable bonds is 5. The standard InChI is InChI=1S/C30H23FN2O4/c1-18-10-12-26(19(2)14-18)33-29(35)25(28(34)32-30(33)36)16-24-23-9-4-3-7-21(23)11-13-27(24)37-17-20-6-5-8-22(31)15-20/h3-16H,17H2,1-2H3,(H,32,34,36)/b25-16+. The van der Waals surface area contributed by atoms with E-state index in [0.29, 0.717) is 22.6 Å². The third-order valence-corrected chi connectivity index (χ3v) is 6.20. The summed E-state index contributed by atoms with van der Waals surface area (Å²) in [4.78, 5) is 40.1. The van der Waals surface area contributed by atoms with Crippen LogP contribution in [-0.2, 0) is 16.2 Å². The predicted octanol–water partition coefficient (Wildman–Crippen LogP) is 5.84. The third kappa shape index (κ3) is 4.71. The number of halogens is 1. The van der Waals surface area contributed by atoms with Crippen LogP contribution in [0.3, 0.4) is 0 Å². The molecule has 0 spiro atoms. The van der Waals surface area contributed by atoms with Crippen molar-refractivity contribution in [2.75, 3.05) is 4.90 Å². The second-order valence-corrected chi connectivity index (χ2v) is 8.86. The molecule has 0 aliphatic carbocycles. The number of urea groups is 1. The summed E-state index contributed by atoms with van der Waals surface area (Å²) in [5.41, 5.74) is 3.03. The first-order valence-electron chi connectivity index (χ1n) is 11.7. The fraction of sp³-hybridized carbons (Fsp3) is 0.100. The van der Waals surface area contributed by atoms with Crippen LogP contribution < -0.4 is 15.0 Å². The van der Waals surface area contributed by atoms with Gasteiger partial charge in [0.2, 0.25) is 0 Å². The SMILES string of the molecule is Cc1ccc(N2C(=O)NC(=O)/C(=C\c3c(OCc4cccc(F)c4)ccc4ccccc34)C2=O)c(C)c1. The average Bonchev–Trinajstić information content (AvgIpc) is 2.87. The molecule has 1 heterocycles. The minimum absolute atomic E-state index is 0.0829. The molecule has 1 aliphatic rings. The summed E-state index contributed by atoms with van der Waals surface area (Å²) in [5, 5.41) is 3.90. The number of carbonyl (C=O) groups excluding carboxylic acids is 3. The van der Waals surface area contributed by atoms with Gasteiger partial charge in [0.25, 0.3) is 11.8 Å². The van der Waals surface area contributed by atoms with Crippen LogP contribution in [0.5, 0.6) is 5.75 Å². The van der Waals surface area contributed by atoms with Crippen LogP contribution in [0.25, 0.3) is 16.8 Å². The van der Waals surface area contributed by atoms with E-state index in [9.17, 15) is 18.8 Å². The van der Waals surface area contributed by atoms with E-state index in [0.717, 1.165) is 26.8 Å². The van der Waals surface area contributed by atoms with Gasteiger partial charge in [-0.05, 0) is 66.1 Å². The lowest BCUT2D eigenvalue weighted by Crippen LogP contribution is -2.54. The Morgan fingerprint density at radius 2 is 1.73 bits per heavy atom. The third-order valence-electron chi connectivity index (χ3n) is 6.20. The summed E-state index contributed by atoms with van der Waals surface area (Å²) in [6.07, 6.45) is 1.45. The molecular weight excluding hydrogens is 471 g/mol. The summed E-state index contributed by atoms with van der Waals surface area (Å²) >= 11 is 0. The number of imide groups is 2. The highest BCUT2D eigenvalue weighted by molar-refractivity contribution is 6.39. The van der Waals surface area contributed by atoms with Crippen molar-refractivity contribution in [1.82, 2.24) is 5.32 Å². The van der Waals surface area contributed by atoms with Crippen LogP contribution in [0.2, 0.25) is 0 Å². The quantitative estimate of drug-likeness (QED) is 0.279. The van der Waals surface area contributed by atoms with E-state index in [1.165, 1.54) is 18.2 Å². The number of benzene rings is 4. The first kappa shape index (κ1) is 23.9. The molecule has 37 heavy (non-hydrogen) atoms. The van der Waals surface area contributed by atoms with Crippen LogP contribution in [0.1, 0.15) is 22.3 Å². The summed E-state index contributed by atoms with van der Waals surface area (Å²) in [6, 6.07) is 21.7. The molecule has 0 radical (unpaired) electrons. The number of fused-ring (bicyclic) bond motifs is 1. The van der Waals surface area contributed by atoms with Gasteiger partial charge in [0.15, 0.2) is 0 Å². The number of hydrogen-bond donors (Lipinski definition) is 1. The largest absolute Gasteiger partial charge is 0.488 e. The molecule has 0 bridgehead atoms. The summed E-state index contributed by atoms with van der Waals surface area (Å²) < 4.78 is 19.7.